The highest BCUT2D eigenvalue weighted by Crippen LogP contribution is 2.29. The summed E-state index contributed by atoms with van der Waals surface area (Å²) in [6.07, 6.45) is 2.19. The van der Waals surface area contributed by atoms with Crippen LogP contribution >= 0.6 is 0 Å². The first-order valence-electron chi connectivity index (χ1n) is 6.28. The molecule has 3 rings (SSSR count). The van der Waals surface area contributed by atoms with E-state index in [-0.39, 0.29) is 11.5 Å². The number of H-pyrrole nitrogens is 1. The second-order valence-corrected chi connectivity index (χ2v) is 7.49. The van der Waals surface area contributed by atoms with Crippen molar-refractivity contribution in [2.75, 3.05) is 29.2 Å². The van der Waals surface area contributed by atoms with Gasteiger partial charge in [0.1, 0.15) is 5.82 Å². The molecule has 0 spiro atoms. The van der Waals surface area contributed by atoms with Crippen LogP contribution in [0, 0.1) is 0 Å². The molecule has 20 heavy (non-hydrogen) atoms. The lowest BCUT2D eigenvalue weighted by Gasteiger charge is -2.25. The van der Waals surface area contributed by atoms with E-state index >= 15 is 0 Å². The van der Waals surface area contributed by atoms with Crippen molar-refractivity contribution >= 4 is 32.6 Å². The standard InChI is InChI=1S/C11H16N6O2S/c1-11(3-4-20(18,19)6-11)16-8-7-5-13-17-9(7)15-10(12-2)14-8/h5H,3-4,6H2,1-2H3,(H3,12,13,14,15,16,17). The molecule has 2 aromatic heterocycles. The predicted octanol–water partition coefficient (Wildman–Crippen LogP) is 0.384. The third kappa shape index (κ3) is 2.28. The van der Waals surface area contributed by atoms with E-state index in [0.717, 1.165) is 5.39 Å². The number of hydrogen-bond donors (Lipinski definition) is 3. The van der Waals surface area contributed by atoms with Crippen molar-refractivity contribution in [1.82, 2.24) is 20.2 Å². The maximum Gasteiger partial charge on any atom is 0.226 e. The van der Waals surface area contributed by atoms with Gasteiger partial charge in [0, 0.05) is 7.05 Å². The van der Waals surface area contributed by atoms with Gasteiger partial charge in [-0.25, -0.2) is 8.42 Å². The summed E-state index contributed by atoms with van der Waals surface area (Å²) in [7, 11) is -1.25. The lowest BCUT2D eigenvalue weighted by Crippen LogP contribution is -2.36. The molecule has 1 fully saturated rings. The van der Waals surface area contributed by atoms with Gasteiger partial charge in [-0.15, -0.1) is 0 Å². The second-order valence-electron chi connectivity index (χ2n) is 5.31. The summed E-state index contributed by atoms with van der Waals surface area (Å²) in [5.41, 5.74) is 0.0962. The fourth-order valence-corrected chi connectivity index (χ4v) is 4.53. The molecule has 2 aromatic rings. The minimum atomic E-state index is -2.97. The highest BCUT2D eigenvalue weighted by atomic mass is 32.2. The number of rotatable bonds is 3. The van der Waals surface area contributed by atoms with E-state index in [0.29, 0.717) is 23.8 Å². The van der Waals surface area contributed by atoms with Crippen molar-refractivity contribution in [3.63, 3.8) is 0 Å². The molecule has 1 aliphatic rings. The maximum absolute atomic E-state index is 11.7. The number of fused-ring (bicyclic) bond motifs is 1. The smallest absolute Gasteiger partial charge is 0.226 e. The molecule has 1 aliphatic heterocycles. The van der Waals surface area contributed by atoms with Gasteiger partial charge < -0.3 is 10.6 Å². The van der Waals surface area contributed by atoms with E-state index in [1.54, 1.807) is 13.2 Å². The van der Waals surface area contributed by atoms with Crippen LogP contribution in [-0.4, -0.2) is 52.7 Å². The summed E-state index contributed by atoms with van der Waals surface area (Å²) in [6, 6.07) is 0. The number of hydrogen-bond acceptors (Lipinski definition) is 7. The molecule has 0 aromatic carbocycles. The van der Waals surface area contributed by atoms with E-state index in [2.05, 4.69) is 30.8 Å². The molecule has 0 amide bonds. The molecule has 0 radical (unpaired) electrons. The Balaban J connectivity index is 2.00. The third-order valence-electron chi connectivity index (χ3n) is 3.46. The van der Waals surface area contributed by atoms with Crippen LogP contribution in [0.4, 0.5) is 11.8 Å². The van der Waals surface area contributed by atoms with E-state index < -0.39 is 15.4 Å². The van der Waals surface area contributed by atoms with Gasteiger partial charge in [-0.05, 0) is 13.3 Å². The van der Waals surface area contributed by atoms with Gasteiger partial charge in [0.2, 0.25) is 5.95 Å². The summed E-state index contributed by atoms with van der Waals surface area (Å²) in [5.74, 6) is 1.36. The van der Waals surface area contributed by atoms with Gasteiger partial charge in [0.15, 0.2) is 15.5 Å². The Hall–Kier alpha value is -1.90. The number of nitrogens with one attached hydrogen (secondary N) is 3. The first-order chi connectivity index (χ1) is 9.41. The Morgan fingerprint density at radius 1 is 1.40 bits per heavy atom. The monoisotopic (exact) mass is 296 g/mol. The number of aromatic amines is 1. The predicted molar refractivity (Wildman–Crippen MR) is 76.5 cm³/mol. The molecule has 1 saturated heterocycles. The zero-order valence-corrected chi connectivity index (χ0v) is 12.1. The van der Waals surface area contributed by atoms with E-state index in [9.17, 15) is 8.42 Å². The molecular formula is C11H16N6O2S. The molecule has 3 N–H and O–H groups in total. The van der Waals surface area contributed by atoms with Crippen LogP contribution < -0.4 is 10.6 Å². The summed E-state index contributed by atoms with van der Waals surface area (Å²) in [5, 5.41) is 13.6. The highest BCUT2D eigenvalue weighted by Gasteiger charge is 2.39. The zero-order chi connectivity index (χ0) is 14.4. The lowest BCUT2D eigenvalue weighted by atomic mass is 10.0. The second kappa shape index (κ2) is 4.30. The Kier molecular flexibility index (Phi) is 2.82. The van der Waals surface area contributed by atoms with Crippen molar-refractivity contribution in [3.05, 3.63) is 6.20 Å². The molecule has 1 unspecified atom stereocenters. The number of sulfone groups is 1. The molecular weight excluding hydrogens is 280 g/mol. The summed E-state index contributed by atoms with van der Waals surface area (Å²) in [6.45, 7) is 1.89. The first kappa shape index (κ1) is 13.1. The highest BCUT2D eigenvalue weighted by molar-refractivity contribution is 7.91. The number of anilines is 2. The Labute approximate surface area is 116 Å². The van der Waals surface area contributed by atoms with Crippen molar-refractivity contribution in [3.8, 4) is 0 Å². The molecule has 108 valence electrons. The van der Waals surface area contributed by atoms with Crippen LogP contribution in [0.3, 0.4) is 0 Å². The summed E-state index contributed by atoms with van der Waals surface area (Å²) >= 11 is 0. The molecule has 8 nitrogen and oxygen atoms in total. The molecule has 0 saturated carbocycles. The fourth-order valence-electron chi connectivity index (χ4n) is 2.44. The Morgan fingerprint density at radius 2 is 2.20 bits per heavy atom. The first-order valence-corrected chi connectivity index (χ1v) is 8.10. The summed E-state index contributed by atoms with van der Waals surface area (Å²) in [4.78, 5) is 8.60. The fraction of sp³-hybridized carbons (Fsp3) is 0.545. The Bertz CT molecular complexity index is 755. The van der Waals surface area contributed by atoms with Gasteiger partial charge in [0.05, 0.1) is 28.6 Å². The largest absolute Gasteiger partial charge is 0.363 e. The molecule has 0 bridgehead atoms. The van der Waals surface area contributed by atoms with Crippen molar-refractivity contribution in [2.45, 2.75) is 18.9 Å². The molecule has 9 heteroatoms. The number of aromatic nitrogens is 4. The van der Waals surface area contributed by atoms with Crippen LogP contribution in [-0.2, 0) is 9.84 Å². The van der Waals surface area contributed by atoms with Crippen molar-refractivity contribution < 1.29 is 8.42 Å². The van der Waals surface area contributed by atoms with Gasteiger partial charge in [-0.2, -0.15) is 15.1 Å². The average molecular weight is 296 g/mol. The van der Waals surface area contributed by atoms with Crippen molar-refractivity contribution in [2.24, 2.45) is 0 Å². The van der Waals surface area contributed by atoms with Gasteiger partial charge >= 0.3 is 0 Å². The van der Waals surface area contributed by atoms with E-state index in [1.165, 1.54) is 0 Å². The van der Waals surface area contributed by atoms with Crippen LogP contribution in [0.1, 0.15) is 13.3 Å². The summed E-state index contributed by atoms with van der Waals surface area (Å²) < 4.78 is 23.3. The third-order valence-corrected chi connectivity index (χ3v) is 5.36. The normalized spacial score (nSPS) is 24.9. The van der Waals surface area contributed by atoms with Crippen LogP contribution in [0.2, 0.25) is 0 Å². The van der Waals surface area contributed by atoms with Crippen LogP contribution in [0.15, 0.2) is 6.20 Å². The van der Waals surface area contributed by atoms with E-state index in [4.69, 9.17) is 0 Å². The topological polar surface area (TPSA) is 113 Å². The quantitative estimate of drug-likeness (QED) is 0.750. The Morgan fingerprint density at radius 3 is 2.85 bits per heavy atom. The molecule has 0 aliphatic carbocycles. The van der Waals surface area contributed by atoms with Gasteiger partial charge in [-0.1, -0.05) is 0 Å². The minimum Gasteiger partial charge on any atom is -0.363 e. The maximum atomic E-state index is 11.7. The van der Waals surface area contributed by atoms with Crippen molar-refractivity contribution in [1.29, 1.82) is 0 Å². The van der Waals surface area contributed by atoms with Crippen LogP contribution in [0.5, 0.6) is 0 Å². The SMILES string of the molecule is CNc1nc(NC2(C)CCS(=O)(=O)C2)c2cn[nH]c2n1. The van der Waals surface area contributed by atoms with E-state index in [1.807, 2.05) is 6.92 Å². The van der Waals surface area contributed by atoms with Gasteiger partial charge in [0.25, 0.3) is 0 Å². The minimum absolute atomic E-state index is 0.109. The lowest BCUT2D eigenvalue weighted by molar-refractivity contribution is 0.572. The van der Waals surface area contributed by atoms with Crippen LogP contribution in [0.25, 0.3) is 11.0 Å². The van der Waals surface area contributed by atoms with Gasteiger partial charge in [-0.3, -0.25) is 5.10 Å². The average Bonchev–Trinajstić information content (AvgIpc) is 2.93. The molecule has 3 heterocycles. The number of nitrogens with zero attached hydrogens (tertiary/aromatic N) is 3. The zero-order valence-electron chi connectivity index (χ0n) is 11.3. The molecule has 1 atom stereocenters.